The van der Waals surface area contributed by atoms with Crippen LogP contribution in [0.25, 0.3) is 11.1 Å². The molecule has 0 aliphatic carbocycles. The van der Waals surface area contributed by atoms with Crippen LogP contribution in [0.1, 0.15) is 18.4 Å². The molecular weight excluding hydrogens is 334 g/mol. The van der Waals surface area contributed by atoms with Gasteiger partial charge in [0.25, 0.3) is 0 Å². The van der Waals surface area contributed by atoms with E-state index in [1.807, 2.05) is 42.5 Å². The van der Waals surface area contributed by atoms with Crippen LogP contribution in [0.2, 0.25) is 0 Å². The fourth-order valence-corrected chi connectivity index (χ4v) is 4.68. The van der Waals surface area contributed by atoms with Crippen LogP contribution in [0, 0.1) is 0 Å². The molecule has 0 atom stereocenters. The van der Waals surface area contributed by atoms with Gasteiger partial charge < -0.3 is 4.90 Å². The Morgan fingerprint density at radius 2 is 1.52 bits per heavy atom. The molecule has 1 aliphatic rings. The van der Waals surface area contributed by atoms with E-state index in [0.29, 0.717) is 19.3 Å². The van der Waals surface area contributed by atoms with Gasteiger partial charge in [-0.1, -0.05) is 54.6 Å². The third kappa shape index (κ3) is 4.48. The van der Waals surface area contributed by atoms with Gasteiger partial charge in [0.1, 0.15) is 9.84 Å². The first kappa shape index (κ1) is 17.7. The summed E-state index contributed by atoms with van der Waals surface area (Å²) < 4.78 is 23.1. The van der Waals surface area contributed by atoms with Crippen molar-refractivity contribution in [1.29, 1.82) is 0 Å². The van der Waals surface area contributed by atoms with E-state index in [0.717, 1.165) is 16.7 Å². The SMILES string of the molecule is CN(C(=O)Cc1ccc(-c2ccccc2)cc1)C1CCS(=O)(=O)CC1. The second-order valence-corrected chi connectivity index (χ2v) is 8.93. The van der Waals surface area contributed by atoms with Crippen molar-refractivity contribution in [3.8, 4) is 11.1 Å². The quantitative estimate of drug-likeness (QED) is 0.845. The number of sulfone groups is 1. The van der Waals surface area contributed by atoms with E-state index in [1.165, 1.54) is 0 Å². The molecule has 0 saturated carbocycles. The largest absolute Gasteiger partial charge is 0.342 e. The van der Waals surface area contributed by atoms with E-state index in [2.05, 4.69) is 12.1 Å². The Bertz CT molecular complexity index is 815. The van der Waals surface area contributed by atoms with Crippen LogP contribution in [0.5, 0.6) is 0 Å². The maximum atomic E-state index is 12.5. The molecule has 0 bridgehead atoms. The summed E-state index contributed by atoms with van der Waals surface area (Å²) in [5, 5.41) is 0. The topological polar surface area (TPSA) is 54.5 Å². The highest BCUT2D eigenvalue weighted by Gasteiger charge is 2.28. The van der Waals surface area contributed by atoms with E-state index < -0.39 is 9.84 Å². The Morgan fingerprint density at radius 3 is 2.12 bits per heavy atom. The molecule has 132 valence electrons. The van der Waals surface area contributed by atoms with Crippen LogP contribution >= 0.6 is 0 Å². The molecule has 0 aromatic heterocycles. The lowest BCUT2D eigenvalue weighted by Crippen LogP contribution is -2.42. The zero-order chi connectivity index (χ0) is 17.9. The van der Waals surface area contributed by atoms with E-state index in [1.54, 1.807) is 11.9 Å². The summed E-state index contributed by atoms with van der Waals surface area (Å²) in [5.41, 5.74) is 3.25. The molecule has 25 heavy (non-hydrogen) atoms. The highest BCUT2D eigenvalue weighted by molar-refractivity contribution is 7.91. The molecule has 3 rings (SSSR count). The maximum Gasteiger partial charge on any atom is 0.226 e. The van der Waals surface area contributed by atoms with E-state index in [-0.39, 0.29) is 23.5 Å². The average molecular weight is 357 g/mol. The normalized spacial score (nSPS) is 17.2. The number of carbonyl (C=O) groups excluding carboxylic acids is 1. The summed E-state index contributed by atoms with van der Waals surface area (Å²) in [6.07, 6.45) is 1.42. The van der Waals surface area contributed by atoms with E-state index in [9.17, 15) is 13.2 Å². The Labute approximate surface area is 149 Å². The lowest BCUT2D eigenvalue weighted by Gasteiger charge is -2.31. The number of nitrogens with zero attached hydrogens (tertiary/aromatic N) is 1. The number of hydrogen-bond acceptors (Lipinski definition) is 3. The summed E-state index contributed by atoms with van der Waals surface area (Å²) in [4.78, 5) is 14.2. The maximum absolute atomic E-state index is 12.5. The first-order valence-corrected chi connectivity index (χ1v) is 10.4. The third-order valence-electron chi connectivity index (χ3n) is 4.88. The Hall–Kier alpha value is -2.14. The molecule has 1 fully saturated rings. The standard InChI is InChI=1S/C20H23NO3S/c1-21(19-11-13-25(23,24)14-12-19)20(22)15-16-7-9-18(10-8-16)17-5-3-2-4-6-17/h2-10,19H,11-15H2,1H3. The number of hydrogen-bond donors (Lipinski definition) is 0. The highest BCUT2D eigenvalue weighted by Crippen LogP contribution is 2.21. The van der Waals surface area contributed by atoms with Crippen molar-refractivity contribution < 1.29 is 13.2 Å². The van der Waals surface area contributed by atoms with Gasteiger partial charge in [0.2, 0.25) is 5.91 Å². The van der Waals surface area contributed by atoms with E-state index >= 15 is 0 Å². The summed E-state index contributed by atoms with van der Waals surface area (Å²) in [7, 11) is -1.12. The number of benzene rings is 2. The number of rotatable bonds is 4. The summed E-state index contributed by atoms with van der Waals surface area (Å²) in [6, 6.07) is 18.2. The molecule has 0 radical (unpaired) electrons. The fraction of sp³-hybridized carbons (Fsp3) is 0.350. The number of amides is 1. The van der Waals surface area contributed by atoms with Gasteiger partial charge in [-0.2, -0.15) is 0 Å². The van der Waals surface area contributed by atoms with Gasteiger partial charge in [0.15, 0.2) is 0 Å². The van der Waals surface area contributed by atoms with Gasteiger partial charge in [-0.15, -0.1) is 0 Å². The van der Waals surface area contributed by atoms with Gasteiger partial charge >= 0.3 is 0 Å². The Balaban J connectivity index is 1.61. The zero-order valence-electron chi connectivity index (χ0n) is 14.4. The van der Waals surface area contributed by atoms with E-state index in [4.69, 9.17) is 0 Å². The molecule has 1 amide bonds. The van der Waals surface area contributed by atoms with Gasteiger partial charge in [0, 0.05) is 13.1 Å². The molecule has 5 heteroatoms. The Kier molecular flexibility index (Phi) is 5.23. The molecule has 2 aromatic carbocycles. The van der Waals surface area contributed by atoms with Crippen molar-refractivity contribution in [2.75, 3.05) is 18.6 Å². The van der Waals surface area contributed by atoms with Crippen molar-refractivity contribution in [3.05, 3.63) is 60.2 Å². The molecule has 1 heterocycles. The first-order chi connectivity index (χ1) is 11.9. The molecule has 1 saturated heterocycles. The zero-order valence-corrected chi connectivity index (χ0v) is 15.2. The van der Waals surface area contributed by atoms with Gasteiger partial charge in [-0.05, 0) is 29.5 Å². The smallest absolute Gasteiger partial charge is 0.226 e. The minimum absolute atomic E-state index is 0.0274. The van der Waals surface area contributed by atoms with Crippen molar-refractivity contribution in [1.82, 2.24) is 4.90 Å². The second-order valence-electron chi connectivity index (χ2n) is 6.63. The van der Waals surface area contributed by atoms with Gasteiger partial charge in [-0.3, -0.25) is 4.79 Å². The molecule has 2 aromatic rings. The van der Waals surface area contributed by atoms with Crippen LogP contribution < -0.4 is 0 Å². The minimum atomic E-state index is -2.90. The lowest BCUT2D eigenvalue weighted by molar-refractivity contribution is -0.131. The summed E-state index contributed by atoms with van der Waals surface area (Å²) in [5.74, 6) is 0.402. The average Bonchev–Trinajstić information content (AvgIpc) is 2.62. The monoisotopic (exact) mass is 357 g/mol. The first-order valence-electron chi connectivity index (χ1n) is 8.55. The van der Waals surface area contributed by atoms with Crippen molar-refractivity contribution in [2.45, 2.75) is 25.3 Å². The van der Waals surface area contributed by atoms with Crippen molar-refractivity contribution in [3.63, 3.8) is 0 Å². The van der Waals surface area contributed by atoms with Crippen LogP contribution in [-0.4, -0.2) is 43.8 Å². The fourth-order valence-electron chi connectivity index (χ4n) is 3.21. The summed E-state index contributed by atoms with van der Waals surface area (Å²) in [6.45, 7) is 0. The number of carbonyl (C=O) groups is 1. The molecule has 4 nitrogen and oxygen atoms in total. The molecule has 1 aliphatic heterocycles. The third-order valence-corrected chi connectivity index (χ3v) is 6.60. The molecule has 0 unspecified atom stereocenters. The van der Waals surface area contributed by atoms with Crippen molar-refractivity contribution in [2.24, 2.45) is 0 Å². The number of likely N-dealkylation sites (N-methyl/N-ethyl adjacent to an activating group) is 1. The lowest BCUT2D eigenvalue weighted by atomic mass is 10.0. The Morgan fingerprint density at radius 1 is 0.960 bits per heavy atom. The molecule has 0 spiro atoms. The second kappa shape index (κ2) is 7.40. The predicted octanol–water partition coefficient (Wildman–Crippen LogP) is 2.93. The molecule has 0 N–H and O–H groups in total. The highest BCUT2D eigenvalue weighted by atomic mass is 32.2. The van der Waals surface area contributed by atoms with Crippen LogP contribution in [0.3, 0.4) is 0 Å². The molecular formula is C20H23NO3S. The minimum Gasteiger partial charge on any atom is -0.342 e. The van der Waals surface area contributed by atoms with Gasteiger partial charge in [-0.25, -0.2) is 8.42 Å². The van der Waals surface area contributed by atoms with Crippen molar-refractivity contribution >= 4 is 15.7 Å². The van der Waals surface area contributed by atoms with Crippen LogP contribution in [-0.2, 0) is 21.1 Å². The summed E-state index contributed by atoms with van der Waals surface area (Å²) >= 11 is 0. The van der Waals surface area contributed by atoms with Crippen LogP contribution in [0.4, 0.5) is 0 Å². The predicted molar refractivity (Wildman–Crippen MR) is 100 cm³/mol. The van der Waals surface area contributed by atoms with Gasteiger partial charge in [0.05, 0.1) is 17.9 Å². The van der Waals surface area contributed by atoms with Crippen LogP contribution in [0.15, 0.2) is 54.6 Å².